The molecule has 0 saturated carbocycles. The lowest BCUT2D eigenvalue weighted by Crippen LogP contribution is -2.40. The molecule has 2 unspecified atom stereocenters. The summed E-state index contributed by atoms with van der Waals surface area (Å²) in [5, 5.41) is 3.60. The van der Waals surface area contributed by atoms with Gasteiger partial charge in [-0.05, 0) is 37.8 Å². The predicted octanol–water partition coefficient (Wildman–Crippen LogP) is 2.47. The number of benzene rings is 1. The van der Waals surface area contributed by atoms with Gasteiger partial charge in [0, 0.05) is 38.0 Å². The summed E-state index contributed by atoms with van der Waals surface area (Å²) in [6.07, 6.45) is 2.84. The maximum absolute atomic E-state index is 5.82. The number of fused-ring (bicyclic) bond motifs is 1. The highest BCUT2D eigenvalue weighted by Gasteiger charge is 2.25. The van der Waals surface area contributed by atoms with Crippen LogP contribution in [0.1, 0.15) is 30.9 Å². The van der Waals surface area contributed by atoms with E-state index in [1.54, 1.807) is 0 Å². The van der Waals surface area contributed by atoms with Crippen LogP contribution in [0.2, 0.25) is 0 Å². The number of para-hydroxylation sites is 1. The maximum atomic E-state index is 5.82. The second-order valence-electron chi connectivity index (χ2n) is 5.90. The van der Waals surface area contributed by atoms with E-state index >= 15 is 0 Å². The van der Waals surface area contributed by atoms with Crippen molar-refractivity contribution in [2.75, 3.05) is 24.6 Å². The summed E-state index contributed by atoms with van der Waals surface area (Å²) in [4.78, 5) is 2.53. The average molecular weight is 260 g/mol. The van der Waals surface area contributed by atoms with Crippen molar-refractivity contribution in [1.29, 1.82) is 0 Å². The number of rotatable bonds is 2. The van der Waals surface area contributed by atoms with E-state index in [4.69, 9.17) is 4.74 Å². The molecular weight excluding hydrogens is 236 g/mol. The first-order valence-corrected chi connectivity index (χ1v) is 7.42. The van der Waals surface area contributed by atoms with Gasteiger partial charge in [-0.15, -0.1) is 0 Å². The quantitative estimate of drug-likeness (QED) is 0.884. The van der Waals surface area contributed by atoms with Crippen LogP contribution in [-0.4, -0.2) is 31.8 Å². The predicted molar refractivity (Wildman–Crippen MR) is 78.7 cm³/mol. The summed E-state index contributed by atoms with van der Waals surface area (Å²) in [6, 6.07) is 7.15. The molecule has 0 spiro atoms. The third-order valence-electron chi connectivity index (χ3n) is 4.22. The van der Waals surface area contributed by atoms with Crippen molar-refractivity contribution in [2.24, 2.45) is 0 Å². The van der Waals surface area contributed by atoms with Gasteiger partial charge in [-0.25, -0.2) is 0 Å². The average Bonchev–Trinajstić information content (AvgIpc) is 2.82. The Labute approximate surface area is 115 Å². The zero-order valence-electron chi connectivity index (χ0n) is 12.0. The molecule has 3 rings (SSSR count). The molecule has 2 aliphatic heterocycles. The van der Waals surface area contributed by atoms with Crippen molar-refractivity contribution in [1.82, 2.24) is 5.32 Å². The Morgan fingerprint density at radius 1 is 1.42 bits per heavy atom. The van der Waals surface area contributed by atoms with Crippen molar-refractivity contribution in [2.45, 2.75) is 45.4 Å². The maximum Gasteiger partial charge on any atom is 0.0750 e. The number of aryl methyl sites for hydroxylation is 1. The highest BCUT2D eigenvalue weighted by Crippen LogP contribution is 2.29. The first kappa shape index (κ1) is 12.9. The normalized spacial score (nSPS) is 27.2. The van der Waals surface area contributed by atoms with Crippen molar-refractivity contribution >= 4 is 5.69 Å². The Morgan fingerprint density at radius 2 is 2.32 bits per heavy atom. The topological polar surface area (TPSA) is 24.5 Å². The van der Waals surface area contributed by atoms with Gasteiger partial charge in [0.05, 0.1) is 6.10 Å². The van der Waals surface area contributed by atoms with Gasteiger partial charge < -0.3 is 15.0 Å². The lowest BCUT2D eigenvalue weighted by atomic mass is 10.1. The van der Waals surface area contributed by atoms with Crippen LogP contribution in [0.5, 0.6) is 0 Å². The standard InChI is InChI=1S/C16H24N2O/c1-12-5-3-6-14-9-17-13(2)10-18(16(12)14)11-15-7-4-8-19-15/h3,5-6,13,15,17H,4,7-11H2,1-2H3. The first-order chi connectivity index (χ1) is 9.24. The summed E-state index contributed by atoms with van der Waals surface area (Å²) in [5.74, 6) is 0. The molecule has 0 amide bonds. The minimum atomic E-state index is 0.415. The largest absolute Gasteiger partial charge is 0.376 e. The number of hydrogen-bond acceptors (Lipinski definition) is 3. The van der Waals surface area contributed by atoms with Gasteiger partial charge in [0.25, 0.3) is 0 Å². The molecule has 104 valence electrons. The van der Waals surface area contributed by atoms with E-state index in [-0.39, 0.29) is 0 Å². The zero-order valence-corrected chi connectivity index (χ0v) is 12.0. The van der Waals surface area contributed by atoms with Crippen LogP contribution in [0.15, 0.2) is 18.2 Å². The highest BCUT2D eigenvalue weighted by molar-refractivity contribution is 5.60. The van der Waals surface area contributed by atoms with Gasteiger partial charge in [0.2, 0.25) is 0 Å². The number of ether oxygens (including phenoxy) is 1. The van der Waals surface area contributed by atoms with Crippen molar-refractivity contribution in [3.63, 3.8) is 0 Å². The van der Waals surface area contributed by atoms with Crippen molar-refractivity contribution in [3.05, 3.63) is 29.3 Å². The fourth-order valence-corrected chi connectivity index (χ4v) is 3.29. The fourth-order valence-electron chi connectivity index (χ4n) is 3.29. The Kier molecular flexibility index (Phi) is 3.76. The Morgan fingerprint density at radius 3 is 3.11 bits per heavy atom. The smallest absolute Gasteiger partial charge is 0.0750 e. The Balaban J connectivity index is 1.88. The Bertz CT molecular complexity index is 440. The summed E-state index contributed by atoms with van der Waals surface area (Å²) in [6.45, 7) is 8.50. The molecule has 1 saturated heterocycles. The van der Waals surface area contributed by atoms with Crippen LogP contribution >= 0.6 is 0 Å². The molecular formula is C16H24N2O. The molecule has 3 heteroatoms. The monoisotopic (exact) mass is 260 g/mol. The van der Waals surface area contributed by atoms with E-state index in [2.05, 4.69) is 42.3 Å². The molecule has 0 radical (unpaired) electrons. The van der Waals surface area contributed by atoms with E-state index in [1.165, 1.54) is 29.7 Å². The molecule has 3 nitrogen and oxygen atoms in total. The summed E-state index contributed by atoms with van der Waals surface area (Å²) >= 11 is 0. The number of hydrogen-bond donors (Lipinski definition) is 1. The van der Waals surface area contributed by atoms with E-state index in [0.717, 1.165) is 26.2 Å². The fraction of sp³-hybridized carbons (Fsp3) is 0.625. The minimum Gasteiger partial charge on any atom is -0.376 e. The van der Waals surface area contributed by atoms with Crippen molar-refractivity contribution < 1.29 is 4.74 Å². The SMILES string of the molecule is Cc1cccc2c1N(CC1CCCO1)CC(C)NC2. The van der Waals surface area contributed by atoms with Gasteiger partial charge in [0.1, 0.15) is 0 Å². The van der Waals surface area contributed by atoms with Crippen LogP contribution in [-0.2, 0) is 11.3 Å². The molecule has 1 N–H and O–H groups in total. The number of anilines is 1. The highest BCUT2D eigenvalue weighted by atomic mass is 16.5. The van der Waals surface area contributed by atoms with E-state index < -0.39 is 0 Å². The third-order valence-corrected chi connectivity index (χ3v) is 4.22. The van der Waals surface area contributed by atoms with Crippen LogP contribution in [0.4, 0.5) is 5.69 Å². The second-order valence-corrected chi connectivity index (χ2v) is 5.90. The van der Waals surface area contributed by atoms with Gasteiger partial charge in [-0.3, -0.25) is 0 Å². The second kappa shape index (κ2) is 5.51. The molecule has 2 atom stereocenters. The van der Waals surface area contributed by atoms with E-state index in [1.807, 2.05) is 0 Å². The Hall–Kier alpha value is -1.06. The number of nitrogens with zero attached hydrogens (tertiary/aromatic N) is 1. The molecule has 2 aliphatic rings. The van der Waals surface area contributed by atoms with E-state index in [0.29, 0.717) is 12.1 Å². The molecule has 1 aromatic rings. The third kappa shape index (κ3) is 2.77. The van der Waals surface area contributed by atoms with Gasteiger partial charge in [0.15, 0.2) is 0 Å². The molecule has 1 fully saturated rings. The van der Waals surface area contributed by atoms with E-state index in [9.17, 15) is 0 Å². The molecule has 19 heavy (non-hydrogen) atoms. The van der Waals surface area contributed by atoms with Crippen LogP contribution in [0.3, 0.4) is 0 Å². The van der Waals surface area contributed by atoms with Crippen LogP contribution in [0, 0.1) is 6.92 Å². The molecule has 2 heterocycles. The van der Waals surface area contributed by atoms with Crippen LogP contribution < -0.4 is 10.2 Å². The summed E-state index contributed by atoms with van der Waals surface area (Å²) < 4.78 is 5.82. The van der Waals surface area contributed by atoms with Gasteiger partial charge >= 0.3 is 0 Å². The van der Waals surface area contributed by atoms with Crippen LogP contribution in [0.25, 0.3) is 0 Å². The molecule has 0 aliphatic carbocycles. The number of nitrogens with one attached hydrogen (secondary N) is 1. The summed E-state index contributed by atoms with van der Waals surface area (Å²) in [7, 11) is 0. The zero-order chi connectivity index (χ0) is 13.2. The molecule has 0 aromatic heterocycles. The minimum absolute atomic E-state index is 0.415. The van der Waals surface area contributed by atoms with Gasteiger partial charge in [-0.2, -0.15) is 0 Å². The lowest BCUT2D eigenvalue weighted by Gasteiger charge is -2.30. The molecule has 0 bridgehead atoms. The lowest BCUT2D eigenvalue weighted by molar-refractivity contribution is 0.115. The van der Waals surface area contributed by atoms with Gasteiger partial charge in [-0.1, -0.05) is 18.2 Å². The first-order valence-electron chi connectivity index (χ1n) is 7.42. The van der Waals surface area contributed by atoms with Crippen molar-refractivity contribution in [3.8, 4) is 0 Å². The summed E-state index contributed by atoms with van der Waals surface area (Å²) in [5.41, 5.74) is 4.23. The molecule has 1 aromatic carbocycles.